The molecule has 0 aliphatic heterocycles. The summed E-state index contributed by atoms with van der Waals surface area (Å²) >= 11 is 0. The van der Waals surface area contributed by atoms with E-state index in [0.717, 1.165) is 25.7 Å². The fraction of sp³-hybridized carbons (Fsp3) is 0.857. The van der Waals surface area contributed by atoms with Crippen molar-refractivity contribution in [1.82, 2.24) is 0 Å². The van der Waals surface area contributed by atoms with Gasteiger partial charge in [0.15, 0.2) is 0 Å². The summed E-state index contributed by atoms with van der Waals surface area (Å²) in [6.45, 7) is 2.32. The highest BCUT2D eigenvalue weighted by atomic mass is 31.2. The van der Waals surface area contributed by atoms with E-state index in [-0.39, 0.29) is 13.0 Å². The molecule has 0 rings (SSSR count). The number of aliphatic hydroxyl groups is 1. The molecule has 0 aromatic rings. The minimum absolute atomic E-state index is 0.0562. The Balaban J connectivity index is 3.61. The van der Waals surface area contributed by atoms with Gasteiger partial charge < -0.3 is 19.4 Å². The van der Waals surface area contributed by atoms with Crippen molar-refractivity contribution in [3.8, 4) is 0 Å². The molecule has 1 unspecified atom stereocenters. The van der Waals surface area contributed by atoms with Crippen LogP contribution in [0.2, 0.25) is 0 Å². The van der Waals surface area contributed by atoms with Gasteiger partial charge in [-0.2, -0.15) is 0 Å². The van der Waals surface area contributed by atoms with Gasteiger partial charge in [-0.1, -0.05) is 89.0 Å². The molecule has 202 valence electrons. The van der Waals surface area contributed by atoms with Crippen LogP contribution >= 0.6 is 7.60 Å². The van der Waals surface area contributed by atoms with Gasteiger partial charge in [0.1, 0.15) is 6.54 Å². The molecular weight excluding hydrogens is 445 g/mol. The normalized spacial score (nSPS) is 14.9. The smallest absolute Gasteiger partial charge is 0.362 e. The topological polar surface area (TPSA) is 77.8 Å². The van der Waals surface area contributed by atoms with Gasteiger partial charge in [-0.05, 0) is 57.8 Å². The number of rotatable bonds is 23. The van der Waals surface area contributed by atoms with Gasteiger partial charge >= 0.3 is 7.60 Å². The second-order valence-electron chi connectivity index (χ2n) is 11.1. The van der Waals surface area contributed by atoms with E-state index in [1.807, 2.05) is 21.1 Å². The van der Waals surface area contributed by atoms with Gasteiger partial charge in [0.05, 0.1) is 21.1 Å². The molecular formula is C28H57NO4P+. The molecule has 0 aromatic heterocycles. The lowest BCUT2D eigenvalue weighted by atomic mass is 10.0. The molecule has 0 bridgehead atoms. The highest BCUT2D eigenvalue weighted by Crippen LogP contribution is 2.52. The van der Waals surface area contributed by atoms with E-state index in [4.69, 9.17) is 0 Å². The average Bonchev–Trinajstić information content (AvgIpc) is 2.73. The number of quaternary nitrogens is 1. The highest BCUT2D eigenvalue weighted by Gasteiger charge is 2.48. The summed E-state index contributed by atoms with van der Waals surface area (Å²) in [5.74, 6) is 0. The van der Waals surface area contributed by atoms with Crippen molar-refractivity contribution >= 4 is 7.60 Å². The van der Waals surface area contributed by atoms with Crippen LogP contribution in [0, 0.1) is 0 Å². The second-order valence-corrected chi connectivity index (χ2v) is 13.0. The predicted octanol–water partition coefficient (Wildman–Crippen LogP) is 7.71. The van der Waals surface area contributed by atoms with Crippen LogP contribution in [0.25, 0.3) is 0 Å². The molecule has 1 atom stereocenters. The third kappa shape index (κ3) is 19.8. The Kier molecular flexibility index (Phi) is 19.4. The quantitative estimate of drug-likeness (QED) is 0.0578. The number of likely N-dealkylation sites (N-methyl/N-ethyl adjacent to an activating group) is 1. The molecule has 0 radical (unpaired) electrons. The molecule has 34 heavy (non-hydrogen) atoms. The van der Waals surface area contributed by atoms with Crippen molar-refractivity contribution in [3.05, 3.63) is 24.3 Å². The zero-order chi connectivity index (χ0) is 25.8. The van der Waals surface area contributed by atoms with Gasteiger partial charge in [-0.15, -0.1) is 0 Å². The molecule has 0 aliphatic carbocycles. The first kappa shape index (κ1) is 33.5. The van der Waals surface area contributed by atoms with Crippen LogP contribution in [0.15, 0.2) is 24.3 Å². The van der Waals surface area contributed by atoms with Gasteiger partial charge in [-0.25, -0.2) is 0 Å². The molecule has 6 heteroatoms. The van der Waals surface area contributed by atoms with Crippen molar-refractivity contribution in [3.63, 3.8) is 0 Å². The number of hydrogen-bond donors (Lipinski definition) is 3. The number of hydrogen-bond acceptors (Lipinski definition) is 2. The van der Waals surface area contributed by atoms with E-state index < -0.39 is 12.9 Å². The molecule has 0 saturated heterocycles. The Morgan fingerprint density at radius 2 is 1.03 bits per heavy atom. The van der Waals surface area contributed by atoms with Crippen molar-refractivity contribution in [2.24, 2.45) is 0 Å². The first-order chi connectivity index (χ1) is 16.0. The van der Waals surface area contributed by atoms with Crippen molar-refractivity contribution < 1.29 is 23.9 Å². The summed E-state index contributed by atoms with van der Waals surface area (Å²) in [6, 6.07) is 0. The van der Waals surface area contributed by atoms with Gasteiger partial charge in [0.2, 0.25) is 5.34 Å². The second kappa shape index (κ2) is 19.7. The predicted molar refractivity (Wildman–Crippen MR) is 147 cm³/mol. The van der Waals surface area contributed by atoms with Crippen molar-refractivity contribution in [2.75, 3.05) is 27.7 Å². The molecule has 0 aromatic carbocycles. The molecule has 0 saturated carbocycles. The van der Waals surface area contributed by atoms with Crippen LogP contribution in [0.1, 0.15) is 122 Å². The monoisotopic (exact) mass is 502 g/mol. The minimum atomic E-state index is -4.55. The van der Waals surface area contributed by atoms with Crippen LogP contribution in [-0.4, -0.2) is 52.4 Å². The van der Waals surface area contributed by atoms with Crippen LogP contribution < -0.4 is 0 Å². The minimum Gasteiger partial charge on any atom is -0.373 e. The Bertz CT molecular complexity index is 579. The number of nitrogens with zero attached hydrogens (tertiary/aromatic N) is 1. The number of allylic oxidation sites excluding steroid dienone is 4. The number of unbranched alkanes of at least 4 members (excludes halogenated alkanes) is 14. The third-order valence-corrected chi connectivity index (χ3v) is 7.72. The van der Waals surface area contributed by atoms with E-state index in [1.54, 1.807) is 0 Å². The first-order valence-electron chi connectivity index (χ1n) is 13.9. The maximum Gasteiger partial charge on any atom is 0.362 e. The van der Waals surface area contributed by atoms with Crippen LogP contribution in [0.4, 0.5) is 0 Å². The summed E-state index contributed by atoms with van der Waals surface area (Å²) in [6.07, 6.45) is 29.8. The van der Waals surface area contributed by atoms with Gasteiger partial charge in [0.25, 0.3) is 0 Å². The Morgan fingerprint density at radius 3 is 1.44 bits per heavy atom. The lowest BCUT2D eigenvalue weighted by Crippen LogP contribution is -2.49. The molecule has 0 aliphatic rings. The Morgan fingerprint density at radius 1 is 0.647 bits per heavy atom. The highest BCUT2D eigenvalue weighted by molar-refractivity contribution is 7.53. The van der Waals surface area contributed by atoms with Gasteiger partial charge in [0, 0.05) is 0 Å². The molecule has 5 nitrogen and oxygen atoms in total. The summed E-state index contributed by atoms with van der Waals surface area (Å²) in [5, 5.41) is 8.64. The summed E-state index contributed by atoms with van der Waals surface area (Å²) in [5.41, 5.74) is 0. The summed E-state index contributed by atoms with van der Waals surface area (Å²) < 4.78 is 12.1. The lowest BCUT2D eigenvalue weighted by Gasteiger charge is -2.35. The van der Waals surface area contributed by atoms with Crippen LogP contribution in [-0.2, 0) is 4.57 Å². The zero-order valence-electron chi connectivity index (χ0n) is 22.9. The maximum atomic E-state index is 11.8. The molecule has 0 amide bonds. The SMILES string of the molecule is CCCCCCC/C=C\CCC/C=C\CCCCCCCCCC(O)(C[N+](C)(C)C)P(=O)(O)O. The van der Waals surface area contributed by atoms with Crippen LogP contribution in [0.3, 0.4) is 0 Å². The van der Waals surface area contributed by atoms with Crippen LogP contribution in [0.5, 0.6) is 0 Å². The van der Waals surface area contributed by atoms with E-state index in [9.17, 15) is 19.5 Å². The van der Waals surface area contributed by atoms with Crippen molar-refractivity contribution in [2.45, 2.75) is 128 Å². The molecule has 0 fully saturated rings. The fourth-order valence-corrected chi connectivity index (χ4v) is 5.38. The van der Waals surface area contributed by atoms with E-state index in [0.29, 0.717) is 10.9 Å². The standard InChI is InChI=1S/C28H56NO4P/c1-5-6-7-8-9-10-11-12-13-14-15-16-17-18-19-20-21-22-23-24-25-26-28(30,34(31,32)33)27-29(2,3)4/h11-12,16-17,30H,5-10,13-15,18-27H2,1-4H3,(H-,31,32,33)/p+1/b12-11-,17-16-. The zero-order valence-corrected chi connectivity index (χ0v) is 23.8. The Labute approximate surface area is 211 Å². The van der Waals surface area contributed by atoms with E-state index in [1.165, 1.54) is 77.0 Å². The summed E-state index contributed by atoms with van der Waals surface area (Å²) in [7, 11) is 0.965. The van der Waals surface area contributed by atoms with E-state index >= 15 is 0 Å². The Hall–Kier alpha value is -0.450. The third-order valence-electron chi connectivity index (χ3n) is 6.27. The first-order valence-corrected chi connectivity index (χ1v) is 15.5. The molecule has 3 N–H and O–H groups in total. The fourth-order valence-electron chi connectivity index (χ4n) is 4.32. The molecule has 0 heterocycles. The lowest BCUT2D eigenvalue weighted by molar-refractivity contribution is -0.875. The summed E-state index contributed by atoms with van der Waals surface area (Å²) in [4.78, 5) is 19.2. The largest absolute Gasteiger partial charge is 0.373 e. The van der Waals surface area contributed by atoms with Crippen molar-refractivity contribution in [1.29, 1.82) is 0 Å². The van der Waals surface area contributed by atoms with E-state index in [2.05, 4.69) is 31.2 Å². The average molecular weight is 503 g/mol. The maximum absolute atomic E-state index is 11.8. The van der Waals surface area contributed by atoms with Gasteiger partial charge in [-0.3, -0.25) is 4.57 Å². The molecule has 0 spiro atoms.